The predicted octanol–water partition coefficient (Wildman–Crippen LogP) is 2.85. The molecule has 0 spiro atoms. The van der Waals surface area contributed by atoms with Crippen LogP contribution in [0.3, 0.4) is 0 Å². The van der Waals surface area contributed by atoms with Crippen molar-refractivity contribution >= 4 is 17.5 Å². The molecule has 1 amide bonds. The summed E-state index contributed by atoms with van der Waals surface area (Å²) in [5, 5.41) is 0. The Kier molecular flexibility index (Phi) is 5.08. The first-order valence-corrected chi connectivity index (χ1v) is 7.26. The molecule has 0 N–H and O–H groups in total. The maximum absolute atomic E-state index is 11.6. The number of rotatable bonds is 4. The van der Waals surface area contributed by atoms with Gasteiger partial charge in [0.1, 0.15) is 11.6 Å². The molecule has 1 saturated heterocycles. The van der Waals surface area contributed by atoms with Gasteiger partial charge in [-0.15, -0.1) is 11.6 Å². The highest BCUT2D eigenvalue weighted by molar-refractivity contribution is 6.27. The van der Waals surface area contributed by atoms with Crippen LogP contribution in [0, 0.1) is 12.8 Å². The minimum atomic E-state index is 0.0299. The second kappa shape index (κ2) is 6.80. The smallest absolute Gasteiger partial charge is 0.237 e. The van der Waals surface area contributed by atoms with Crippen molar-refractivity contribution in [1.82, 2.24) is 4.90 Å². The number of nitrogens with zero attached hydrogens (tertiary/aromatic N) is 1. The summed E-state index contributed by atoms with van der Waals surface area (Å²) in [5.74, 6) is 1.44. The zero-order valence-corrected chi connectivity index (χ0v) is 12.0. The third kappa shape index (κ3) is 3.87. The highest BCUT2D eigenvalue weighted by Gasteiger charge is 2.23. The molecule has 3 nitrogen and oxygen atoms in total. The van der Waals surface area contributed by atoms with Gasteiger partial charge in [-0.3, -0.25) is 4.79 Å². The molecule has 1 atom stereocenters. The number of carbonyl (C=O) groups is 1. The average Bonchev–Trinajstić information content (AvgIpc) is 2.46. The van der Waals surface area contributed by atoms with Crippen LogP contribution in [-0.4, -0.2) is 36.4 Å². The molecule has 0 radical (unpaired) electrons. The Labute approximate surface area is 119 Å². The van der Waals surface area contributed by atoms with Gasteiger partial charge in [0.25, 0.3) is 0 Å². The normalized spacial score (nSPS) is 19.3. The summed E-state index contributed by atoms with van der Waals surface area (Å²) in [7, 11) is 0. The number of ether oxygens (including phenoxy) is 1. The van der Waals surface area contributed by atoms with E-state index >= 15 is 0 Å². The van der Waals surface area contributed by atoms with Gasteiger partial charge in [-0.2, -0.15) is 0 Å². The van der Waals surface area contributed by atoms with Gasteiger partial charge in [0, 0.05) is 19.0 Å². The Morgan fingerprint density at radius 3 is 3.00 bits per heavy atom. The van der Waals surface area contributed by atoms with Gasteiger partial charge in [0.05, 0.1) is 6.61 Å². The molecule has 1 aliphatic heterocycles. The number of para-hydroxylation sites is 1. The molecule has 0 aromatic heterocycles. The lowest BCUT2D eigenvalue weighted by molar-refractivity contribution is -0.130. The summed E-state index contributed by atoms with van der Waals surface area (Å²) in [5.41, 5.74) is 1.15. The summed E-state index contributed by atoms with van der Waals surface area (Å²) in [6.07, 6.45) is 2.14. The van der Waals surface area contributed by atoms with Crippen molar-refractivity contribution in [3.63, 3.8) is 0 Å². The number of piperidine rings is 1. The Balaban J connectivity index is 1.86. The molecule has 1 heterocycles. The number of likely N-dealkylation sites (tertiary alicyclic amines) is 1. The summed E-state index contributed by atoms with van der Waals surface area (Å²) >= 11 is 5.60. The van der Waals surface area contributed by atoms with E-state index in [-0.39, 0.29) is 11.8 Å². The number of aryl methyl sites for hydroxylation is 1. The average molecular weight is 282 g/mol. The maximum Gasteiger partial charge on any atom is 0.237 e. The van der Waals surface area contributed by atoms with E-state index in [0.717, 1.165) is 37.2 Å². The maximum atomic E-state index is 11.6. The molecule has 19 heavy (non-hydrogen) atoms. The first-order chi connectivity index (χ1) is 9.20. The Morgan fingerprint density at radius 1 is 1.47 bits per heavy atom. The van der Waals surface area contributed by atoms with Crippen LogP contribution >= 0.6 is 11.6 Å². The minimum absolute atomic E-state index is 0.0299. The molecule has 1 aromatic rings. The fourth-order valence-electron chi connectivity index (χ4n) is 2.44. The van der Waals surface area contributed by atoms with Crippen LogP contribution in [0.2, 0.25) is 0 Å². The molecule has 1 aromatic carbocycles. The summed E-state index contributed by atoms with van der Waals surface area (Å²) in [6, 6.07) is 8.01. The van der Waals surface area contributed by atoms with Gasteiger partial charge in [-0.25, -0.2) is 0 Å². The number of hydrogen-bond acceptors (Lipinski definition) is 2. The van der Waals surface area contributed by atoms with Crippen LogP contribution in [0.5, 0.6) is 5.75 Å². The minimum Gasteiger partial charge on any atom is -0.493 e. The van der Waals surface area contributed by atoms with E-state index in [0.29, 0.717) is 12.5 Å². The largest absolute Gasteiger partial charge is 0.493 e. The van der Waals surface area contributed by atoms with Crippen molar-refractivity contribution in [2.24, 2.45) is 5.92 Å². The number of alkyl halides is 1. The SMILES string of the molecule is Cc1ccccc1OCC1CCCN(C(=O)CCl)C1. The van der Waals surface area contributed by atoms with E-state index in [1.807, 2.05) is 36.1 Å². The third-order valence-electron chi connectivity index (χ3n) is 3.55. The van der Waals surface area contributed by atoms with E-state index in [9.17, 15) is 4.79 Å². The van der Waals surface area contributed by atoms with E-state index in [1.165, 1.54) is 0 Å². The van der Waals surface area contributed by atoms with Gasteiger partial charge < -0.3 is 9.64 Å². The van der Waals surface area contributed by atoms with Gasteiger partial charge >= 0.3 is 0 Å². The topological polar surface area (TPSA) is 29.5 Å². The van der Waals surface area contributed by atoms with Crippen molar-refractivity contribution in [2.45, 2.75) is 19.8 Å². The zero-order valence-electron chi connectivity index (χ0n) is 11.3. The second-order valence-electron chi connectivity index (χ2n) is 5.06. The van der Waals surface area contributed by atoms with Crippen molar-refractivity contribution in [3.8, 4) is 5.75 Å². The van der Waals surface area contributed by atoms with Crippen LogP contribution in [0.25, 0.3) is 0 Å². The first-order valence-electron chi connectivity index (χ1n) is 6.73. The second-order valence-corrected chi connectivity index (χ2v) is 5.33. The van der Waals surface area contributed by atoms with Crippen LogP contribution in [0.4, 0.5) is 0 Å². The van der Waals surface area contributed by atoms with Gasteiger partial charge in [-0.1, -0.05) is 18.2 Å². The molecular formula is C15H20ClNO2. The van der Waals surface area contributed by atoms with E-state index in [4.69, 9.17) is 16.3 Å². The van der Waals surface area contributed by atoms with Crippen molar-refractivity contribution in [2.75, 3.05) is 25.6 Å². The first kappa shape index (κ1) is 14.2. The van der Waals surface area contributed by atoms with E-state index in [1.54, 1.807) is 0 Å². The van der Waals surface area contributed by atoms with Crippen molar-refractivity contribution in [1.29, 1.82) is 0 Å². The van der Waals surface area contributed by atoms with E-state index in [2.05, 4.69) is 0 Å². The fraction of sp³-hybridized carbons (Fsp3) is 0.533. The van der Waals surface area contributed by atoms with Crippen LogP contribution in [0.1, 0.15) is 18.4 Å². The number of amides is 1. The summed E-state index contributed by atoms with van der Waals surface area (Å²) in [4.78, 5) is 13.4. The number of halogens is 1. The molecule has 104 valence electrons. The fourth-order valence-corrected chi connectivity index (χ4v) is 2.61. The molecule has 1 unspecified atom stereocenters. The third-order valence-corrected chi connectivity index (χ3v) is 3.78. The lowest BCUT2D eigenvalue weighted by atomic mass is 9.99. The summed E-state index contributed by atoms with van der Waals surface area (Å²) in [6.45, 7) is 4.29. The van der Waals surface area contributed by atoms with E-state index < -0.39 is 0 Å². The quantitative estimate of drug-likeness (QED) is 0.794. The number of carbonyl (C=O) groups excluding carboxylic acids is 1. The lowest BCUT2D eigenvalue weighted by Gasteiger charge is -2.32. The molecule has 1 fully saturated rings. The zero-order chi connectivity index (χ0) is 13.7. The van der Waals surface area contributed by atoms with Crippen molar-refractivity contribution < 1.29 is 9.53 Å². The Morgan fingerprint density at radius 2 is 2.26 bits per heavy atom. The molecule has 4 heteroatoms. The standard InChI is InChI=1S/C15H20ClNO2/c1-12-5-2-3-7-14(12)19-11-13-6-4-8-17(10-13)15(18)9-16/h2-3,5,7,13H,4,6,8-11H2,1H3. The molecule has 2 rings (SSSR count). The molecule has 0 bridgehead atoms. The highest BCUT2D eigenvalue weighted by atomic mass is 35.5. The Bertz CT molecular complexity index is 436. The molecule has 0 saturated carbocycles. The van der Waals surface area contributed by atoms with Crippen LogP contribution in [0.15, 0.2) is 24.3 Å². The molecular weight excluding hydrogens is 262 g/mol. The lowest BCUT2D eigenvalue weighted by Crippen LogP contribution is -2.42. The van der Waals surface area contributed by atoms with Gasteiger partial charge in [0.15, 0.2) is 0 Å². The van der Waals surface area contributed by atoms with Crippen LogP contribution in [-0.2, 0) is 4.79 Å². The molecule has 0 aliphatic carbocycles. The van der Waals surface area contributed by atoms with Gasteiger partial charge in [-0.05, 0) is 31.4 Å². The Hall–Kier alpha value is -1.22. The van der Waals surface area contributed by atoms with Crippen LogP contribution < -0.4 is 4.74 Å². The monoisotopic (exact) mass is 281 g/mol. The number of benzene rings is 1. The number of hydrogen-bond donors (Lipinski definition) is 0. The summed E-state index contributed by atoms with van der Waals surface area (Å²) < 4.78 is 5.87. The predicted molar refractivity (Wildman–Crippen MR) is 76.7 cm³/mol. The van der Waals surface area contributed by atoms with Gasteiger partial charge in [0.2, 0.25) is 5.91 Å². The van der Waals surface area contributed by atoms with Crippen molar-refractivity contribution in [3.05, 3.63) is 29.8 Å². The molecule has 1 aliphatic rings. The highest BCUT2D eigenvalue weighted by Crippen LogP contribution is 2.21.